The van der Waals surface area contributed by atoms with Gasteiger partial charge in [0.1, 0.15) is 5.82 Å². The third kappa shape index (κ3) is 3.00. The van der Waals surface area contributed by atoms with Crippen molar-refractivity contribution in [2.24, 2.45) is 5.92 Å². The van der Waals surface area contributed by atoms with Crippen molar-refractivity contribution in [3.05, 3.63) is 34.1 Å². The van der Waals surface area contributed by atoms with E-state index in [1.165, 1.54) is 5.56 Å². The van der Waals surface area contributed by atoms with Crippen molar-refractivity contribution < 1.29 is 0 Å². The van der Waals surface area contributed by atoms with Crippen molar-refractivity contribution in [3.8, 4) is 11.4 Å². The van der Waals surface area contributed by atoms with Gasteiger partial charge < -0.3 is 4.57 Å². The fraction of sp³-hybridized carbons (Fsp3) is 0.429. The zero-order valence-corrected chi connectivity index (χ0v) is 13.7. The molecule has 1 aromatic carbocycles. The maximum Gasteiger partial charge on any atom is 0.164 e. The van der Waals surface area contributed by atoms with E-state index in [-0.39, 0.29) is 0 Å². The Labute approximate surface area is 127 Å². The van der Waals surface area contributed by atoms with Crippen LogP contribution in [0.1, 0.15) is 25.2 Å². The van der Waals surface area contributed by atoms with E-state index in [1.807, 2.05) is 12.1 Å². The first kappa shape index (κ1) is 14.5. The molecule has 0 saturated heterocycles. The Hall–Kier alpha value is -0.870. The highest BCUT2D eigenvalue weighted by atomic mass is 79.9. The molecule has 1 aromatic heterocycles. The Morgan fingerprint density at radius 1 is 1.32 bits per heavy atom. The molecule has 0 saturated carbocycles. The second kappa shape index (κ2) is 6.06. The minimum absolute atomic E-state index is 0.382. The van der Waals surface area contributed by atoms with Gasteiger partial charge in [-0.1, -0.05) is 41.9 Å². The van der Waals surface area contributed by atoms with E-state index < -0.39 is 0 Å². The highest BCUT2D eigenvalue weighted by Crippen LogP contribution is 2.28. The van der Waals surface area contributed by atoms with Crippen molar-refractivity contribution >= 4 is 27.5 Å². The maximum atomic E-state index is 5.95. The number of alkyl halides is 1. The summed E-state index contributed by atoms with van der Waals surface area (Å²) in [5, 5.41) is 8.52. The van der Waals surface area contributed by atoms with Gasteiger partial charge in [-0.2, -0.15) is 0 Å². The summed E-state index contributed by atoms with van der Waals surface area (Å²) in [5.74, 6) is 2.62. The topological polar surface area (TPSA) is 30.7 Å². The van der Waals surface area contributed by atoms with Gasteiger partial charge in [0.05, 0.1) is 5.88 Å². The molecule has 1 heterocycles. The van der Waals surface area contributed by atoms with E-state index in [0.29, 0.717) is 11.8 Å². The predicted octanol–water partition coefficient (Wildman–Crippen LogP) is 4.41. The van der Waals surface area contributed by atoms with Crippen LogP contribution < -0.4 is 0 Å². The van der Waals surface area contributed by atoms with Crippen LogP contribution in [0.15, 0.2) is 22.7 Å². The van der Waals surface area contributed by atoms with Crippen molar-refractivity contribution in [1.29, 1.82) is 0 Å². The highest BCUT2D eigenvalue weighted by Gasteiger charge is 2.16. The van der Waals surface area contributed by atoms with Crippen molar-refractivity contribution in [2.45, 2.75) is 33.2 Å². The zero-order valence-electron chi connectivity index (χ0n) is 11.3. The number of aromatic nitrogens is 3. The Morgan fingerprint density at radius 3 is 2.68 bits per heavy atom. The van der Waals surface area contributed by atoms with Gasteiger partial charge in [-0.3, -0.25) is 0 Å². The predicted molar refractivity (Wildman–Crippen MR) is 82.3 cm³/mol. The van der Waals surface area contributed by atoms with Gasteiger partial charge in [0.15, 0.2) is 5.82 Å². The summed E-state index contributed by atoms with van der Waals surface area (Å²) in [4.78, 5) is 0. The van der Waals surface area contributed by atoms with Gasteiger partial charge in [-0.25, -0.2) is 0 Å². The molecule has 0 N–H and O–H groups in total. The Bertz CT molecular complexity index is 578. The molecule has 2 rings (SSSR count). The molecule has 0 spiro atoms. The third-order valence-corrected chi connectivity index (χ3v) is 4.10. The van der Waals surface area contributed by atoms with Crippen molar-refractivity contribution in [2.75, 3.05) is 0 Å². The standard InChI is InChI=1S/C14H17BrClN3/c1-9(2)8-19-13(7-16)17-18-14(19)11-5-4-6-12(15)10(11)3/h4-6,9H,7-8H2,1-3H3. The number of hydrogen-bond acceptors (Lipinski definition) is 2. The van der Waals surface area contributed by atoms with Gasteiger partial charge in [0.25, 0.3) is 0 Å². The third-order valence-electron chi connectivity index (χ3n) is 3.00. The van der Waals surface area contributed by atoms with Gasteiger partial charge in [0, 0.05) is 16.6 Å². The molecule has 0 aliphatic carbocycles. The fourth-order valence-electron chi connectivity index (χ4n) is 2.04. The first-order valence-electron chi connectivity index (χ1n) is 6.28. The monoisotopic (exact) mass is 341 g/mol. The molecule has 0 aliphatic heterocycles. The molecule has 0 unspecified atom stereocenters. The van der Waals surface area contributed by atoms with Crippen molar-refractivity contribution in [3.63, 3.8) is 0 Å². The quantitative estimate of drug-likeness (QED) is 0.771. The van der Waals surface area contributed by atoms with Crippen LogP contribution in [-0.2, 0) is 12.4 Å². The zero-order chi connectivity index (χ0) is 14.0. The summed E-state index contributed by atoms with van der Waals surface area (Å²) in [6.07, 6.45) is 0. The normalized spacial score (nSPS) is 11.3. The number of hydrogen-bond donors (Lipinski definition) is 0. The minimum Gasteiger partial charge on any atom is -0.310 e. The number of benzene rings is 1. The molecule has 5 heteroatoms. The molecular weight excluding hydrogens is 326 g/mol. The summed E-state index contributed by atoms with van der Waals surface area (Å²) in [5.41, 5.74) is 2.26. The average Bonchev–Trinajstić information content (AvgIpc) is 2.75. The lowest BCUT2D eigenvalue weighted by Gasteiger charge is -2.13. The summed E-state index contributed by atoms with van der Waals surface area (Å²) >= 11 is 9.51. The van der Waals surface area contributed by atoms with Crippen molar-refractivity contribution in [1.82, 2.24) is 14.8 Å². The lowest BCUT2D eigenvalue weighted by atomic mass is 10.1. The summed E-state index contributed by atoms with van der Waals surface area (Å²) in [6, 6.07) is 6.12. The molecule has 0 fully saturated rings. The first-order valence-corrected chi connectivity index (χ1v) is 7.60. The highest BCUT2D eigenvalue weighted by molar-refractivity contribution is 9.10. The molecule has 2 aromatic rings. The van der Waals surface area contributed by atoms with Gasteiger partial charge >= 0.3 is 0 Å². The van der Waals surface area contributed by atoms with Gasteiger partial charge in [-0.15, -0.1) is 21.8 Å². The first-order chi connectivity index (χ1) is 9.04. The molecule has 102 valence electrons. The van der Waals surface area contributed by atoms with E-state index in [1.54, 1.807) is 0 Å². The van der Waals surface area contributed by atoms with Gasteiger partial charge in [0.2, 0.25) is 0 Å². The summed E-state index contributed by atoms with van der Waals surface area (Å²) in [7, 11) is 0. The summed E-state index contributed by atoms with van der Waals surface area (Å²) in [6.45, 7) is 7.30. The minimum atomic E-state index is 0.382. The Balaban J connectivity index is 2.55. The molecule has 0 bridgehead atoms. The number of halogens is 2. The van der Waals surface area contributed by atoms with Crippen LogP contribution in [0.2, 0.25) is 0 Å². The summed E-state index contributed by atoms with van der Waals surface area (Å²) < 4.78 is 3.20. The van der Waals surface area contributed by atoms with Crippen LogP contribution in [0.5, 0.6) is 0 Å². The van der Waals surface area contributed by atoms with E-state index in [9.17, 15) is 0 Å². The van der Waals surface area contributed by atoms with E-state index in [0.717, 1.165) is 28.2 Å². The average molecular weight is 343 g/mol. The number of rotatable bonds is 4. The van der Waals surface area contributed by atoms with Crippen LogP contribution in [0.4, 0.5) is 0 Å². The maximum absolute atomic E-state index is 5.95. The van der Waals surface area contributed by atoms with Crippen LogP contribution >= 0.6 is 27.5 Å². The van der Waals surface area contributed by atoms with E-state index in [4.69, 9.17) is 11.6 Å². The molecule has 0 radical (unpaired) electrons. The molecule has 0 aliphatic rings. The van der Waals surface area contributed by atoms with Crippen LogP contribution in [0.3, 0.4) is 0 Å². The second-order valence-corrected chi connectivity index (χ2v) is 6.11. The largest absolute Gasteiger partial charge is 0.310 e. The molecule has 3 nitrogen and oxygen atoms in total. The lowest BCUT2D eigenvalue weighted by Crippen LogP contribution is -2.09. The molecule has 0 amide bonds. The SMILES string of the molecule is Cc1c(Br)cccc1-c1nnc(CCl)n1CC(C)C. The smallest absolute Gasteiger partial charge is 0.164 e. The van der Waals surface area contributed by atoms with E-state index >= 15 is 0 Å². The Morgan fingerprint density at radius 2 is 2.05 bits per heavy atom. The lowest BCUT2D eigenvalue weighted by molar-refractivity contribution is 0.515. The van der Waals surface area contributed by atoms with Crippen LogP contribution in [0, 0.1) is 12.8 Å². The second-order valence-electron chi connectivity index (χ2n) is 4.99. The van der Waals surface area contributed by atoms with Gasteiger partial charge in [-0.05, 0) is 24.5 Å². The van der Waals surface area contributed by atoms with Crippen LogP contribution in [-0.4, -0.2) is 14.8 Å². The molecular formula is C14H17BrClN3. The molecule has 0 atom stereocenters. The fourth-order valence-corrected chi connectivity index (χ4v) is 2.60. The van der Waals surface area contributed by atoms with E-state index in [2.05, 4.69) is 57.5 Å². The molecule has 19 heavy (non-hydrogen) atoms. The Kier molecular flexibility index (Phi) is 4.63. The van der Waals surface area contributed by atoms with Crippen LogP contribution in [0.25, 0.3) is 11.4 Å². The number of nitrogens with zero attached hydrogens (tertiary/aromatic N) is 3.